The van der Waals surface area contributed by atoms with Gasteiger partial charge in [-0.2, -0.15) is 0 Å². The van der Waals surface area contributed by atoms with Crippen molar-refractivity contribution >= 4 is 24.2 Å². The summed E-state index contributed by atoms with van der Waals surface area (Å²) >= 11 is 0. The molecule has 39 heavy (non-hydrogen) atoms. The smallest absolute Gasteiger partial charge is 0.459 e. The third kappa shape index (κ3) is 12.8. The maximum atomic E-state index is 12.6. The van der Waals surface area contributed by atoms with Crippen molar-refractivity contribution in [3.05, 3.63) is 23.8 Å². The molecule has 11 heteroatoms. The molecule has 2 unspecified atom stereocenters. The number of esters is 2. The number of nitrogens with two attached hydrogens (primary N) is 1. The Labute approximate surface area is 230 Å². The lowest BCUT2D eigenvalue weighted by Gasteiger charge is -2.23. The van der Waals surface area contributed by atoms with Gasteiger partial charge in [-0.05, 0) is 85.9 Å². The Morgan fingerprint density at radius 2 is 1.23 bits per heavy atom. The molecule has 4 atom stereocenters. The second-order valence-electron chi connectivity index (χ2n) is 11.3. The number of carbonyl (C=O) groups excluding carboxylic acids is 4. The zero-order chi connectivity index (χ0) is 30.1. The zero-order valence-electron chi connectivity index (χ0n) is 24.6. The van der Waals surface area contributed by atoms with Gasteiger partial charge >= 0.3 is 24.2 Å². The van der Waals surface area contributed by atoms with Gasteiger partial charge in [0.2, 0.25) is 0 Å². The van der Waals surface area contributed by atoms with Crippen LogP contribution < -0.4 is 15.2 Å². The van der Waals surface area contributed by atoms with E-state index in [9.17, 15) is 19.2 Å². The third-order valence-corrected chi connectivity index (χ3v) is 5.21. The van der Waals surface area contributed by atoms with Gasteiger partial charge in [-0.15, -0.1) is 0 Å². The largest absolute Gasteiger partial charge is 0.514 e. The van der Waals surface area contributed by atoms with Gasteiger partial charge in [0.25, 0.3) is 0 Å². The van der Waals surface area contributed by atoms with Gasteiger partial charge in [-0.25, -0.2) is 9.59 Å². The van der Waals surface area contributed by atoms with Crippen molar-refractivity contribution in [3.63, 3.8) is 0 Å². The van der Waals surface area contributed by atoms with E-state index >= 15 is 0 Å². The van der Waals surface area contributed by atoms with Crippen LogP contribution in [-0.4, -0.2) is 53.7 Å². The molecule has 1 rings (SSSR count). The minimum Gasteiger partial charge on any atom is -0.459 e. The fourth-order valence-corrected chi connectivity index (χ4v) is 2.83. The van der Waals surface area contributed by atoms with Crippen LogP contribution in [0.1, 0.15) is 81.2 Å². The highest BCUT2D eigenvalue weighted by molar-refractivity contribution is 5.76. The summed E-state index contributed by atoms with van der Waals surface area (Å²) in [6, 6.07) is 3.25. The minimum atomic E-state index is -1.09. The van der Waals surface area contributed by atoms with E-state index < -0.39 is 47.7 Å². The highest BCUT2D eigenvalue weighted by Crippen LogP contribution is 2.31. The summed E-state index contributed by atoms with van der Waals surface area (Å²) in [6.07, 6.45) is -2.78. The fourth-order valence-electron chi connectivity index (χ4n) is 2.83. The lowest BCUT2D eigenvalue weighted by molar-refractivity contribution is -0.168. The predicted octanol–water partition coefficient (Wildman–Crippen LogP) is 5.09. The molecule has 0 aliphatic carbocycles. The van der Waals surface area contributed by atoms with Gasteiger partial charge in [0.15, 0.2) is 11.5 Å². The average Bonchev–Trinajstić information content (AvgIpc) is 2.77. The molecule has 0 aromatic heterocycles. The van der Waals surface area contributed by atoms with Gasteiger partial charge in [0, 0.05) is 0 Å². The van der Waals surface area contributed by atoms with Crippen LogP contribution in [-0.2, 0) is 35.0 Å². The summed E-state index contributed by atoms with van der Waals surface area (Å²) in [5, 5.41) is 0. The summed E-state index contributed by atoms with van der Waals surface area (Å²) in [5.41, 5.74) is 4.92. The van der Waals surface area contributed by atoms with Crippen molar-refractivity contribution in [3.8, 4) is 11.5 Å². The molecule has 0 bridgehead atoms. The van der Waals surface area contributed by atoms with Gasteiger partial charge in [-0.3, -0.25) is 9.59 Å². The van der Waals surface area contributed by atoms with Crippen LogP contribution in [0.2, 0.25) is 0 Å². The number of hydrogen-bond acceptors (Lipinski definition) is 11. The Bertz CT molecular complexity index is 1010. The summed E-state index contributed by atoms with van der Waals surface area (Å²) < 4.78 is 31.6. The van der Waals surface area contributed by atoms with Crippen molar-refractivity contribution in [1.29, 1.82) is 0 Å². The van der Waals surface area contributed by atoms with Crippen molar-refractivity contribution in [2.75, 3.05) is 0 Å². The molecule has 0 amide bonds. The normalized spacial score (nSPS) is 14.7. The number of carbonyl (C=O) groups is 4. The Kier molecular flexibility index (Phi) is 12.2. The first-order chi connectivity index (χ1) is 17.8. The molecule has 1 aromatic rings. The summed E-state index contributed by atoms with van der Waals surface area (Å²) in [5.74, 6) is -1.58. The van der Waals surface area contributed by atoms with Gasteiger partial charge < -0.3 is 34.2 Å². The highest BCUT2D eigenvalue weighted by Gasteiger charge is 2.27. The fraction of sp³-hybridized carbons (Fsp3) is 0.643. The SMILES string of the molecule is CCC(C)C(=O)OC(C)[C@H](C)OC(=O)[C@@H](N)Cc1ccc(OC(=O)OC(C)(C)C)c(OC(=O)OC(C)(C)C)c1. The topological polar surface area (TPSA) is 150 Å². The Balaban J connectivity index is 3.00. The van der Waals surface area contributed by atoms with Gasteiger partial charge in [-0.1, -0.05) is 19.9 Å². The Hall–Kier alpha value is -3.34. The van der Waals surface area contributed by atoms with Crippen molar-refractivity contribution in [2.24, 2.45) is 11.7 Å². The molecule has 0 spiro atoms. The van der Waals surface area contributed by atoms with E-state index in [-0.39, 0.29) is 29.8 Å². The van der Waals surface area contributed by atoms with Crippen LogP contribution >= 0.6 is 0 Å². The number of hydrogen-bond donors (Lipinski definition) is 1. The standard InChI is InChI=1S/C28H43NO10/c1-11-16(2)23(30)34-17(3)18(4)35-24(31)20(29)14-19-12-13-21(36-25(32)38-27(5,6)7)22(15-19)37-26(33)39-28(8,9)10/h12-13,15-18,20H,11,14,29H2,1-10H3/t16?,17?,18-,20-/m0/s1. The molecular formula is C28H43NO10. The van der Waals surface area contributed by atoms with Crippen LogP contribution in [0.25, 0.3) is 0 Å². The van der Waals surface area contributed by atoms with Crippen LogP contribution in [0, 0.1) is 5.92 Å². The monoisotopic (exact) mass is 553 g/mol. The summed E-state index contributed by atoms with van der Waals surface area (Å²) in [7, 11) is 0. The second-order valence-corrected chi connectivity index (χ2v) is 11.3. The van der Waals surface area contributed by atoms with E-state index in [0.29, 0.717) is 12.0 Å². The van der Waals surface area contributed by atoms with Gasteiger partial charge in [0.05, 0.1) is 5.92 Å². The first-order valence-corrected chi connectivity index (χ1v) is 12.9. The van der Waals surface area contributed by atoms with Crippen molar-refractivity contribution in [1.82, 2.24) is 0 Å². The molecule has 0 saturated heterocycles. The molecule has 220 valence electrons. The van der Waals surface area contributed by atoms with Crippen LogP contribution in [0.3, 0.4) is 0 Å². The molecule has 11 nitrogen and oxygen atoms in total. The van der Waals surface area contributed by atoms with E-state index in [1.807, 2.05) is 6.92 Å². The van der Waals surface area contributed by atoms with E-state index in [0.717, 1.165) is 0 Å². The second kappa shape index (κ2) is 14.2. The molecule has 0 heterocycles. The lowest BCUT2D eigenvalue weighted by Crippen LogP contribution is -2.40. The Morgan fingerprint density at radius 3 is 1.69 bits per heavy atom. The molecular weight excluding hydrogens is 510 g/mol. The quantitative estimate of drug-likeness (QED) is 0.234. The summed E-state index contributed by atoms with van der Waals surface area (Å²) in [6.45, 7) is 16.9. The zero-order valence-corrected chi connectivity index (χ0v) is 24.6. The van der Waals surface area contributed by atoms with Crippen molar-refractivity contribution in [2.45, 2.75) is 112 Å². The number of ether oxygens (including phenoxy) is 6. The highest BCUT2D eigenvalue weighted by atomic mass is 16.8. The van der Waals surface area contributed by atoms with E-state index in [4.69, 9.17) is 34.2 Å². The molecule has 0 fully saturated rings. The number of benzene rings is 1. The first kappa shape index (κ1) is 33.7. The van der Waals surface area contributed by atoms with E-state index in [2.05, 4.69) is 0 Å². The molecule has 0 saturated carbocycles. The molecule has 0 radical (unpaired) electrons. The molecule has 0 aliphatic rings. The average molecular weight is 554 g/mol. The lowest BCUT2D eigenvalue weighted by atomic mass is 10.1. The third-order valence-electron chi connectivity index (χ3n) is 5.21. The molecule has 0 aliphatic heterocycles. The molecule has 2 N–H and O–H groups in total. The minimum absolute atomic E-state index is 0.00396. The van der Waals surface area contributed by atoms with E-state index in [1.54, 1.807) is 68.4 Å². The van der Waals surface area contributed by atoms with Crippen molar-refractivity contribution < 1.29 is 47.6 Å². The molecule has 1 aromatic carbocycles. The summed E-state index contributed by atoms with van der Waals surface area (Å²) in [4.78, 5) is 49.2. The Morgan fingerprint density at radius 1 is 0.769 bits per heavy atom. The number of rotatable bonds is 10. The van der Waals surface area contributed by atoms with Crippen LogP contribution in [0.5, 0.6) is 11.5 Å². The predicted molar refractivity (Wildman–Crippen MR) is 142 cm³/mol. The van der Waals surface area contributed by atoms with Gasteiger partial charge in [0.1, 0.15) is 29.5 Å². The van der Waals surface area contributed by atoms with Crippen LogP contribution in [0.15, 0.2) is 18.2 Å². The maximum absolute atomic E-state index is 12.6. The first-order valence-electron chi connectivity index (χ1n) is 12.9. The van der Waals surface area contributed by atoms with E-state index in [1.165, 1.54) is 12.1 Å². The van der Waals surface area contributed by atoms with Crippen LogP contribution in [0.4, 0.5) is 9.59 Å². The maximum Gasteiger partial charge on any atom is 0.514 e.